The van der Waals surface area contributed by atoms with E-state index >= 15 is 0 Å². The van der Waals surface area contributed by atoms with Crippen molar-refractivity contribution in [2.75, 3.05) is 19.6 Å². The Labute approximate surface area is 118 Å². The Kier molecular flexibility index (Phi) is 3.15. The first-order valence-corrected chi connectivity index (χ1v) is 8.81. The lowest BCUT2D eigenvalue weighted by Gasteiger charge is -2.55. The van der Waals surface area contributed by atoms with Gasteiger partial charge in [0.05, 0.1) is 0 Å². The standard InChI is InChI=1S/C17H30N2/c1-2-10-17(11-3-1)13-18-16(8-4-5-9-16)14-19(17)12-15-6-7-15/h15,18H,1-14H2. The number of rotatable bonds is 2. The summed E-state index contributed by atoms with van der Waals surface area (Å²) >= 11 is 0. The minimum absolute atomic E-state index is 0.511. The lowest BCUT2D eigenvalue weighted by Crippen LogP contribution is -2.70. The van der Waals surface area contributed by atoms with Gasteiger partial charge in [-0.15, -0.1) is 0 Å². The molecule has 0 atom stereocenters. The Hall–Kier alpha value is -0.0800. The Morgan fingerprint density at radius 1 is 0.895 bits per heavy atom. The molecule has 0 bridgehead atoms. The van der Waals surface area contributed by atoms with Crippen molar-refractivity contribution in [3.8, 4) is 0 Å². The first-order chi connectivity index (χ1) is 9.30. The summed E-state index contributed by atoms with van der Waals surface area (Å²) in [6.45, 7) is 4.08. The van der Waals surface area contributed by atoms with Crippen molar-refractivity contribution in [2.45, 2.75) is 81.7 Å². The van der Waals surface area contributed by atoms with Gasteiger partial charge in [0.1, 0.15) is 0 Å². The van der Waals surface area contributed by atoms with E-state index in [1.54, 1.807) is 0 Å². The quantitative estimate of drug-likeness (QED) is 0.821. The average molecular weight is 262 g/mol. The summed E-state index contributed by atoms with van der Waals surface area (Å²) in [6, 6.07) is 0. The van der Waals surface area contributed by atoms with Crippen LogP contribution in [0.5, 0.6) is 0 Å². The van der Waals surface area contributed by atoms with Gasteiger partial charge in [-0.1, -0.05) is 32.1 Å². The zero-order chi connectivity index (χ0) is 12.8. The summed E-state index contributed by atoms with van der Waals surface area (Å²) < 4.78 is 0. The van der Waals surface area contributed by atoms with Crippen LogP contribution in [0.1, 0.15) is 70.6 Å². The van der Waals surface area contributed by atoms with Gasteiger partial charge >= 0.3 is 0 Å². The molecule has 0 unspecified atom stereocenters. The Bertz CT molecular complexity index is 322. The zero-order valence-electron chi connectivity index (χ0n) is 12.4. The van der Waals surface area contributed by atoms with Gasteiger partial charge in [-0.2, -0.15) is 0 Å². The van der Waals surface area contributed by atoms with Crippen molar-refractivity contribution in [2.24, 2.45) is 5.92 Å². The van der Waals surface area contributed by atoms with E-state index in [4.69, 9.17) is 0 Å². The summed E-state index contributed by atoms with van der Waals surface area (Å²) in [6.07, 6.45) is 16.1. The van der Waals surface area contributed by atoms with Crippen molar-refractivity contribution in [3.05, 3.63) is 0 Å². The first kappa shape index (κ1) is 12.6. The minimum Gasteiger partial charge on any atom is -0.308 e. The van der Waals surface area contributed by atoms with Crippen molar-refractivity contribution < 1.29 is 0 Å². The van der Waals surface area contributed by atoms with Crippen LogP contribution < -0.4 is 5.32 Å². The molecular formula is C17H30N2. The van der Waals surface area contributed by atoms with Gasteiger partial charge in [-0.05, 0) is 44.4 Å². The molecule has 0 aromatic rings. The second-order valence-electron chi connectivity index (χ2n) is 7.95. The predicted molar refractivity (Wildman–Crippen MR) is 79.3 cm³/mol. The topological polar surface area (TPSA) is 15.3 Å². The summed E-state index contributed by atoms with van der Waals surface area (Å²) in [5.41, 5.74) is 1.06. The lowest BCUT2D eigenvalue weighted by molar-refractivity contribution is -0.0206. The SMILES string of the molecule is C1CCC2(CC1)CNC1(CCCC1)CN2CC1CC1. The molecule has 0 aromatic heterocycles. The molecule has 3 aliphatic carbocycles. The van der Waals surface area contributed by atoms with Crippen LogP contribution in [-0.2, 0) is 0 Å². The van der Waals surface area contributed by atoms with Crippen LogP contribution in [0.3, 0.4) is 0 Å². The van der Waals surface area contributed by atoms with Crippen LogP contribution in [0.15, 0.2) is 0 Å². The van der Waals surface area contributed by atoms with E-state index in [-0.39, 0.29) is 0 Å². The molecule has 0 amide bonds. The third-order valence-corrected chi connectivity index (χ3v) is 6.48. The molecule has 2 spiro atoms. The maximum Gasteiger partial charge on any atom is 0.0335 e. The molecule has 1 heterocycles. The van der Waals surface area contributed by atoms with E-state index < -0.39 is 0 Å². The molecule has 108 valence electrons. The van der Waals surface area contributed by atoms with E-state index in [9.17, 15) is 0 Å². The molecule has 3 saturated carbocycles. The smallest absolute Gasteiger partial charge is 0.0335 e. The van der Waals surface area contributed by atoms with Crippen LogP contribution in [0.4, 0.5) is 0 Å². The monoisotopic (exact) mass is 262 g/mol. The Balaban J connectivity index is 1.53. The number of piperazine rings is 1. The van der Waals surface area contributed by atoms with E-state index in [2.05, 4.69) is 10.2 Å². The van der Waals surface area contributed by atoms with Gasteiger partial charge < -0.3 is 5.32 Å². The number of hydrogen-bond donors (Lipinski definition) is 1. The van der Waals surface area contributed by atoms with Crippen LogP contribution in [0.25, 0.3) is 0 Å². The maximum absolute atomic E-state index is 4.04. The van der Waals surface area contributed by atoms with Crippen LogP contribution in [-0.4, -0.2) is 35.6 Å². The fourth-order valence-corrected chi connectivity index (χ4v) is 5.01. The third kappa shape index (κ3) is 2.35. The lowest BCUT2D eigenvalue weighted by atomic mass is 9.76. The summed E-state index contributed by atoms with van der Waals surface area (Å²) in [4.78, 5) is 2.98. The Morgan fingerprint density at radius 3 is 2.26 bits per heavy atom. The molecule has 1 aliphatic heterocycles. The van der Waals surface area contributed by atoms with Crippen LogP contribution >= 0.6 is 0 Å². The van der Waals surface area contributed by atoms with Crippen molar-refractivity contribution in [1.82, 2.24) is 10.2 Å². The van der Waals surface area contributed by atoms with E-state index in [0.717, 1.165) is 5.92 Å². The van der Waals surface area contributed by atoms with Crippen LogP contribution in [0, 0.1) is 5.92 Å². The molecular weight excluding hydrogens is 232 g/mol. The minimum atomic E-state index is 0.511. The fourth-order valence-electron chi connectivity index (χ4n) is 5.01. The van der Waals surface area contributed by atoms with E-state index in [1.807, 2.05) is 0 Å². The van der Waals surface area contributed by atoms with Gasteiger partial charge in [0, 0.05) is 30.7 Å². The first-order valence-electron chi connectivity index (χ1n) is 8.81. The molecule has 4 rings (SSSR count). The largest absolute Gasteiger partial charge is 0.308 e. The van der Waals surface area contributed by atoms with Gasteiger partial charge in [0.15, 0.2) is 0 Å². The summed E-state index contributed by atoms with van der Waals surface area (Å²) in [7, 11) is 0. The highest BCUT2D eigenvalue weighted by atomic mass is 15.3. The van der Waals surface area contributed by atoms with E-state index in [0.29, 0.717) is 11.1 Å². The van der Waals surface area contributed by atoms with Crippen LogP contribution in [0.2, 0.25) is 0 Å². The highest BCUT2D eigenvalue weighted by Gasteiger charge is 2.49. The molecule has 2 heteroatoms. The normalized spacial score (nSPS) is 34.1. The number of nitrogens with one attached hydrogen (secondary N) is 1. The predicted octanol–water partition coefficient (Wildman–Crippen LogP) is 3.32. The summed E-state index contributed by atoms with van der Waals surface area (Å²) in [5.74, 6) is 1.05. The molecule has 1 N–H and O–H groups in total. The molecule has 0 radical (unpaired) electrons. The van der Waals surface area contributed by atoms with Crippen molar-refractivity contribution >= 4 is 0 Å². The van der Waals surface area contributed by atoms with Crippen molar-refractivity contribution in [1.29, 1.82) is 0 Å². The van der Waals surface area contributed by atoms with Gasteiger partial charge in [0.2, 0.25) is 0 Å². The number of nitrogens with zero attached hydrogens (tertiary/aromatic N) is 1. The van der Waals surface area contributed by atoms with Gasteiger partial charge in [-0.25, -0.2) is 0 Å². The molecule has 19 heavy (non-hydrogen) atoms. The average Bonchev–Trinajstić information content (AvgIpc) is 3.14. The highest BCUT2D eigenvalue weighted by Crippen LogP contribution is 2.43. The molecule has 4 fully saturated rings. The second-order valence-corrected chi connectivity index (χ2v) is 7.95. The molecule has 0 aromatic carbocycles. The van der Waals surface area contributed by atoms with Gasteiger partial charge in [0.25, 0.3) is 0 Å². The molecule has 4 aliphatic rings. The zero-order valence-corrected chi connectivity index (χ0v) is 12.4. The number of hydrogen-bond acceptors (Lipinski definition) is 2. The highest BCUT2D eigenvalue weighted by molar-refractivity contribution is 5.08. The third-order valence-electron chi connectivity index (χ3n) is 6.48. The molecule has 1 saturated heterocycles. The Morgan fingerprint density at radius 2 is 1.58 bits per heavy atom. The second kappa shape index (κ2) is 4.73. The van der Waals surface area contributed by atoms with Crippen molar-refractivity contribution in [3.63, 3.8) is 0 Å². The van der Waals surface area contributed by atoms with Gasteiger partial charge in [-0.3, -0.25) is 4.90 Å². The van der Waals surface area contributed by atoms with E-state index in [1.165, 1.54) is 90.3 Å². The molecule has 2 nitrogen and oxygen atoms in total. The summed E-state index contributed by atoms with van der Waals surface area (Å²) in [5, 5.41) is 4.04. The fraction of sp³-hybridized carbons (Fsp3) is 1.00. The maximum atomic E-state index is 4.04.